The Morgan fingerprint density at radius 3 is 2.72 bits per heavy atom. The number of nitrogens with two attached hydrogens (primary N) is 1. The number of H-pyrrole nitrogens is 1. The second kappa shape index (κ2) is 4.52. The Kier molecular flexibility index (Phi) is 3.06. The van der Waals surface area contributed by atoms with Gasteiger partial charge >= 0.3 is 5.97 Å². The molecule has 3 N–H and O–H groups in total. The van der Waals surface area contributed by atoms with Crippen LogP contribution < -0.4 is 5.73 Å². The van der Waals surface area contributed by atoms with Crippen molar-refractivity contribution in [2.75, 3.05) is 6.61 Å². The zero-order chi connectivity index (χ0) is 13.3. The SMILES string of the molecule is Cc1[nH]c2ccc(C(=O)OCC(N)=O)cc2c1C. The van der Waals surface area contributed by atoms with Crippen molar-refractivity contribution in [3.05, 3.63) is 35.0 Å². The zero-order valence-corrected chi connectivity index (χ0v) is 10.2. The molecule has 1 aromatic carbocycles. The fourth-order valence-corrected chi connectivity index (χ4v) is 1.81. The van der Waals surface area contributed by atoms with Crippen molar-refractivity contribution in [1.29, 1.82) is 0 Å². The highest BCUT2D eigenvalue weighted by Crippen LogP contribution is 2.22. The molecule has 1 aromatic heterocycles. The summed E-state index contributed by atoms with van der Waals surface area (Å²) in [5.74, 6) is -1.22. The fraction of sp³-hybridized carbons (Fsp3) is 0.231. The predicted octanol–water partition coefficient (Wildman–Crippen LogP) is 1.43. The summed E-state index contributed by atoms with van der Waals surface area (Å²) in [5.41, 5.74) is 8.45. The van der Waals surface area contributed by atoms with Crippen LogP contribution in [0.1, 0.15) is 21.6 Å². The van der Waals surface area contributed by atoms with Crippen LogP contribution in [0.4, 0.5) is 0 Å². The van der Waals surface area contributed by atoms with E-state index in [1.54, 1.807) is 12.1 Å². The monoisotopic (exact) mass is 246 g/mol. The van der Waals surface area contributed by atoms with E-state index in [1.165, 1.54) is 0 Å². The van der Waals surface area contributed by atoms with Crippen LogP contribution in [-0.4, -0.2) is 23.5 Å². The smallest absolute Gasteiger partial charge is 0.338 e. The van der Waals surface area contributed by atoms with Gasteiger partial charge in [0, 0.05) is 16.6 Å². The molecule has 0 saturated heterocycles. The number of benzene rings is 1. The number of hydrogen-bond acceptors (Lipinski definition) is 3. The van der Waals surface area contributed by atoms with Gasteiger partial charge in [-0.25, -0.2) is 4.79 Å². The zero-order valence-electron chi connectivity index (χ0n) is 10.2. The maximum Gasteiger partial charge on any atom is 0.338 e. The molecule has 0 radical (unpaired) electrons. The van der Waals surface area contributed by atoms with E-state index in [2.05, 4.69) is 4.98 Å². The number of esters is 1. The van der Waals surface area contributed by atoms with Gasteiger partial charge in [-0.1, -0.05) is 0 Å². The van der Waals surface area contributed by atoms with Gasteiger partial charge < -0.3 is 15.5 Å². The maximum atomic E-state index is 11.7. The van der Waals surface area contributed by atoms with Gasteiger partial charge in [-0.05, 0) is 37.6 Å². The molecule has 0 saturated carbocycles. The van der Waals surface area contributed by atoms with E-state index in [-0.39, 0.29) is 0 Å². The summed E-state index contributed by atoms with van der Waals surface area (Å²) < 4.78 is 4.76. The van der Waals surface area contributed by atoms with E-state index < -0.39 is 18.5 Å². The van der Waals surface area contributed by atoms with Crippen LogP contribution in [-0.2, 0) is 9.53 Å². The molecule has 0 spiro atoms. The number of ether oxygens (including phenoxy) is 1. The van der Waals surface area contributed by atoms with Gasteiger partial charge in [0.1, 0.15) is 0 Å². The van der Waals surface area contributed by atoms with Gasteiger partial charge in [-0.2, -0.15) is 0 Å². The summed E-state index contributed by atoms with van der Waals surface area (Å²) in [5, 5.41) is 0.973. The lowest BCUT2D eigenvalue weighted by Gasteiger charge is -2.02. The van der Waals surface area contributed by atoms with Crippen molar-refractivity contribution in [2.24, 2.45) is 5.73 Å². The summed E-state index contributed by atoms with van der Waals surface area (Å²) in [4.78, 5) is 25.4. The van der Waals surface area contributed by atoms with Gasteiger partial charge in [0.25, 0.3) is 5.91 Å². The highest BCUT2D eigenvalue weighted by Gasteiger charge is 2.11. The lowest BCUT2D eigenvalue weighted by atomic mass is 10.1. The van der Waals surface area contributed by atoms with Gasteiger partial charge in [0.05, 0.1) is 5.56 Å². The molecule has 0 fully saturated rings. The van der Waals surface area contributed by atoms with Crippen LogP contribution >= 0.6 is 0 Å². The van der Waals surface area contributed by atoms with Crippen LogP contribution in [0, 0.1) is 13.8 Å². The first kappa shape index (κ1) is 12.2. The lowest BCUT2D eigenvalue weighted by Crippen LogP contribution is -2.20. The molecule has 0 unspecified atom stereocenters. The second-order valence-corrected chi connectivity index (χ2v) is 4.18. The molecule has 0 atom stereocenters. The van der Waals surface area contributed by atoms with Gasteiger partial charge in [-0.3, -0.25) is 4.79 Å². The summed E-state index contributed by atoms with van der Waals surface area (Å²) >= 11 is 0. The first-order valence-electron chi connectivity index (χ1n) is 5.53. The van der Waals surface area contributed by atoms with Crippen molar-refractivity contribution >= 4 is 22.8 Å². The largest absolute Gasteiger partial charge is 0.452 e. The number of nitrogens with one attached hydrogen (secondary N) is 1. The minimum Gasteiger partial charge on any atom is -0.452 e. The van der Waals surface area contributed by atoms with Gasteiger partial charge in [0.15, 0.2) is 6.61 Å². The minimum absolute atomic E-state index is 0.401. The number of primary amides is 1. The Balaban J connectivity index is 2.32. The Morgan fingerprint density at radius 1 is 1.33 bits per heavy atom. The number of fused-ring (bicyclic) bond motifs is 1. The first-order chi connectivity index (χ1) is 8.49. The van der Waals surface area contributed by atoms with Crippen LogP contribution in [0.15, 0.2) is 18.2 Å². The molecule has 2 rings (SSSR count). The van der Waals surface area contributed by atoms with E-state index in [9.17, 15) is 9.59 Å². The van der Waals surface area contributed by atoms with E-state index >= 15 is 0 Å². The molecule has 0 aliphatic carbocycles. The highest BCUT2D eigenvalue weighted by atomic mass is 16.5. The molecule has 1 amide bonds. The Hall–Kier alpha value is -2.30. The third-order valence-corrected chi connectivity index (χ3v) is 2.89. The number of rotatable bonds is 3. The molecule has 5 heteroatoms. The summed E-state index contributed by atoms with van der Waals surface area (Å²) in [6.07, 6.45) is 0. The summed E-state index contributed by atoms with van der Waals surface area (Å²) in [7, 11) is 0. The van der Waals surface area contributed by atoms with Crippen molar-refractivity contribution in [3.8, 4) is 0 Å². The molecule has 0 bridgehead atoms. The van der Waals surface area contributed by atoms with E-state index in [0.717, 1.165) is 22.2 Å². The molecule has 0 aliphatic rings. The van der Waals surface area contributed by atoms with Crippen LogP contribution in [0.25, 0.3) is 10.9 Å². The van der Waals surface area contributed by atoms with Crippen molar-refractivity contribution in [2.45, 2.75) is 13.8 Å². The number of amides is 1. The topological polar surface area (TPSA) is 85.2 Å². The standard InChI is InChI=1S/C13H14N2O3/c1-7-8(2)15-11-4-3-9(5-10(7)11)13(17)18-6-12(14)16/h3-5,15H,6H2,1-2H3,(H2,14,16). The van der Waals surface area contributed by atoms with Crippen molar-refractivity contribution < 1.29 is 14.3 Å². The molecule has 2 aromatic rings. The number of aryl methyl sites for hydroxylation is 2. The van der Waals surface area contributed by atoms with Crippen LogP contribution in [0.5, 0.6) is 0 Å². The Labute approximate surface area is 104 Å². The third-order valence-electron chi connectivity index (χ3n) is 2.89. The molecule has 5 nitrogen and oxygen atoms in total. The van der Waals surface area contributed by atoms with E-state index in [0.29, 0.717) is 5.56 Å². The molecule has 18 heavy (non-hydrogen) atoms. The Morgan fingerprint density at radius 2 is 2.06 bits per heavy atom. The number of hydrogen-bond donors (Lipinski definition) is 2. The minimum atomic E-state index is -0.668. The van der Waals surface area contributed by atoms with Crippen LogP contribution in [0.2, 0.25) is 0 Å². The maximum absolute atomic E-state index is 11.7. The molecular weight excluding hydrogens is 232 g/mol. The van der Waals surface area contributed by atoms with E-state index in [4.69, 9.17) is 10.5 Å². The molecular formula is C13H14N2O3. The van der Waals surface area contributed by atoms with Crippen molar-refractivity contribution in [3.63, 3.8) is 0 Å². The number of aromatic amines is 1. The molecule has 94 valence electrons. The first-order valence-corrected chi connectivity index (χ1v) is 5.53. The van der Waals surface area contributed by atoms with E-state index in [1.807, 2.05) is 19.9 Å². The summed E-state index contributed by atoms with van der Waals surface area (Å²) in [6, 6.07) is 5.22. The summed E-state index contributed by atoms with van der Waals surface area (Å²) in [6.45, 7) is 3.55. The number of carbonyl (C=O) groups is 2. The molecule has 1 heterocycles. The second-order valence-electron chi connectivity index (χ2n) is 4.18. The third kappa shape index (κ3) is 2.20. The quantitative estimate of drug-likeness (QED) is 0.803. The van der Waals surface area contributed by atoms with Crippen LogP contribution in [0.3, 0.4) is 0 Å². The normalized spacial score (nSPS) is 10.6. The highest BCUT2D eigenvalue weighted by molar-refractivity contribution is 5.96. The average molecular weight is 246 g/mol. The predicted molar refractivity (Wildman–Crippen MR) is 67.2 cm³/mol. The number of carbonyl (C=O) groups excluding carboxylic acids is 2. The Bertz CT molecular complexity index is 628. The number of aromatic nitrogens is 1. The van der Waals surface area contributed by atoms with Crippen molar-refractivity contribution in [1.82, 2.24) is 4.98 Å². The fourth-order valence-electron chi connectivity index (χ4n) is 1.81. The lowest BCUT2D eigenvalue weighted by molar-refractivity contribution is -0.121. The van der Waals surface area contributed by atoms with Gasteiger partial charge in [-0.15, -0.1) is 0 Å². The average Bonchev–Trinajstić information content (AvgIpc) is 2.62. The van der Waals surface area contributed by atoms with Gasteiger partial charge in [0.2, 0.25) is 0 Å². The molecule has 0 aliphatic heterocycles.